The third-order valence-electron chi connectivity index (χ3n) is 5.54. The fourth-order valence-electron chi connectivity index (χ4n) is 3.40. The van der Waals surface area contributed by atoms with E-state index in [-0.39, 0.29) is 25.0 Å². The summed E-state index contributed by atoms with van der Waals surface area (Å²) in [5.41, 5.74) is 1.47. The fraction of sp³-hybridized carbons (Fsp3) is 0.250. The molecule has 0 aromatic heterocycles. The highest BCUT2D eigenvalue weighted by Gasteiger charge is 2.38. The number of carbonyl (C=O) groups excluding carboxylic acids is 3. The van der Waals surface area contributed by atoms with Gasteiger partial charge in [0.1, 0.15) is 24.1 Å². The van der Waals surface area contributed by atoms with Crippen LogP contribution in [0.5, 0.6) is 11.5 Å². The highest BCUT2D eigenvalue weighted by molar-refractivity contribution is 5.96. The number of ether oxygens (including phenoxy) is 3. The number of rotatable bonds is 8. The first kappa shape index (κ1) is 27.1. The third-order valence-corrected chi connectivity index (χ3v) is 5.54. The number of para-hydroxylation sites is 1. The van der Waals surface area contributed by atoms with E-state index in [0.717, 1.165) is 11.3 Å². The zero-order chi connectivity index (χ0) is 26.5. The lowest BCUT2D eigenvalue weighted by atomic mass is 10.0. The number of amides is 3. The lowest BCUT2D eigenvalue weighted by Crippen LogP contribution is -2.58. The van der Waals surface area contributed by atoms with Gasteiger partial charge in [-0.25, -0.2) is 4.79 Å². The number of nitrogens with zero attached hydrogens (tertiary/aromatic N) is 1. The van der Waals surface area contributed by atoms with Crippen molar-refractivity contribution in [3.05, 3.63) is 90.5 Å². The topological polar surface area (TPSA) is 106 Å². The number of hydrogen-bond donors (Lipinski definition) is 2. The van der Waals surface area contributed by atoms with Crippen molar-refractivity contribution < 1.29 is 28.6 Å². The van der Waals surface area contributed by atoms with Gasteiger partial charge in [0.2, 0.25) is 11.8 Å². The molecule has 0 aliphatic carbocycles. The van der Waals surface area contributed by atoms with Gasteiger partial charge in [-0.15, -0.1) is 0 Å². The van der Waals surface area contributed by atoms with Gasteiger partial charge in [-0.05, 0) is 48.4 Å². The molecule has 0 spiro atoms. The summed E-state index contributed by atoms with van der Waals surface area (Å²) in [5.74, 6) is 0.854. The maximum absolute atomic E-state index is 12.3. The molecule has 0 saturated carbocycles. The predicted octanol–water partition coefficient (Wildman–Crippen LogP) is 3.86. The molecule has 4 rings (SSSR count). The van der Waals surface area contributed by atoms with Gasteiger partial charge in [0, 0.05) is 12.2 Å². The second-order valence-corrected chi connectivity index (χ2v) is 8.05. The van der Waals surface area contributed by atoms with Crippen LogP contribution in [0.3, 0.4) is 0 Å². The standard InChI is InChI=1S/C21H23N3O5.C7H8O/c1-28-17-9-7-16(8-10-17)23-19(25)13-22-20(26)18-11-12-24(18)21(27)29-14-15-5-3-2-4-6-15;1-8-7-5-3-2-4-6-7/h2-10,18H,11-14H2,1H3,(H,22,26)(H,23,25);2-6H,1H3. The molecule has 194 valence electrons. The monoisotopic (exact) mass is 505 g/mol. The highest BCUT2D eigenvalue weighted by atomic mass is 16.6. The van der Waals surface area contributed by atoms with Crippen molar-refractivity contribution in [3.8, 4) is 11.5 Å². The molecule has 1 aliphatic heterocycles. The van der Waals surface area contributed by atoms with Gasteiger partial charge in [-0.1, -0.05) is 48.5 Å². The molecule has 1 aliphatic rings. The van der Waals surface area contributed by atoms with Crippen LogP contribution in [-0.2, 0) is 20.9 Å². The molecule has 1 heterocycles. The Morgan fingerprint density at radius 3 is 1.97 bits per heavy atom. The zero-order valence-electron chi connectivity index (χ0n) is 20.9. The normalized spacial score (nSPS) is 13.7. The molecule has 9 nitrogen and oxygen atoms in total. The van der Waals surface area contributed by atoms with Crippen molar-refractivity contribution in [2.75, 3.05) is 32.6 Å². The molecule has 3 aromatic rings. The van der Waals surface area contributed by atoms with Crippen molar-refractivity contribution in [1.82, 2.24) is 10.2 Å². The van der Waals surface area contributed by atoms with Gasteiger partial charge in [0.05, 0.1) is 20.8 Å². The summed E-state index contributed by atoms with van der Waals surface area (Å²) >= 11 is 0. The molecule has 1 saturated heterocycles. The van der Waals surface area contributed by atoms with Gasteiger partial charge < -0.3 is 24.8 Å². The van der Waals surface area contributed by atoms with E-state index in [1.807, 2.05) is 60.7 Å². The second kappa shape index (κ2) is 14.1. The minimum atomic E-state index is -0.618. The SMILES string of the molecule is COc1ccc(NC(=O)CNC(=O)C2CCN2C(=O)OCc2ccccc2)cc1.COc1ccccc1. The summed E-state index contributed by atoms with van der Waals surface area (Å²) in [5, 5.41) is 5.24. The first-order valence-corrected chi connectivity index (χ1v) is 11.8. The lowest BCUT2D eigenvalue weighted by Gasteiger charge is -2.38. The van der Waals surface area contributed by atoms with Gasteiger partial charge in [-0.3, -0.25) is 14.5 Å². The Balaban J connectivity index is 0.000000405. The zero-order valence-corrected chi connectivity index (χ0v) is 20.9. The van der Waals surface area contributed by atoms with E-state index in [4.69, 9.17) is 14.2 Å². The number of nitrogens with one attached hydrogen (secondary N) is 2. The van der Waals surface area contributed by atoms with E-state index in [2.05, 4.69) is 10.6 Å². The summed E-state index contributed by atoms with van der Waals surface area (Å²) in [6.45, 7) is 0.410. The molecule has 9 heteroatoms. The van der Waals surface area contributed by atoms with E-state index < -0.39 is 12.1 Å². The first-order chi connectivity index (χ1) is 18.0. The van der Waals surface area contributed by atoms with Crippen molar-refractivity contribution in [2.24, 2.45) is 0 Å². The average molecular weight is 506 g/mol. The largest absolute Gasteiger partial charge is 0.497 e. The number of methoxy groups -OCH3 is 2. The predicted molar refractivity (Wildman–Crippen MR) is 139 cm³/mol. The third kappa shape index (κ3) is 8.57. The molecular weight excluding hydrogens is 474 g/mol. The number of hydrogen-bond acceptors (Lipinski definition) is 6. The van der Waals surface area contributed by atoms with E-state index in [0.29, 0.717) is 24.4 Å². The molecule has 1 fully saturated rings. The van der Waals surface area contributed by atoms with E-state index in [1.165, 1.54) is 4.90 Å². The van der Waals surface area contributed by atoms with E-state index in [1.54, 1.807) is 38.5 Å². The molecule has 3 aromatic carbocycles. The van der Waals surface area contributed by atoms with Crippen molar-refractivity contribution >= 4 is 23.6 Å². The van der Waals surface area contributed by atoms with Gasteiger partial charge in [-0.2, -0.15) is 0 Å². The van der Waals surface area contributed by atoms with E-state index >= 15 is 0 Å². The van der Waals surface area contributed by atoms with Crippen LogP contribution in [0.4, 0.5) is 10.5 Å². The van der Waals surface area contributed by atoms with Crippen molar-refractivity contribution in [3.63, 3.8) is 0 Å². The van der Waals surface area contributed by atoms with Gasteiger partial charge in [0.15, 0.2) is 0 Å². The van der Waals surface area contributed by atoms with Crippen LogP contribution >= 0.6 is 0 Å². The van der Waals surface area contributed by atoms with Crippen LogP contribution in [0, 0.1) is 0 Å². The first-order valence-electron chi connectivity index (χ1n) is 11.8. The Hall–Kier alpha value is -4.53. The Morgan fingerprint density at radius 2 is 1.43 bits per heavy atom. The van der Waals surface area contributed by atoms with Crippen LogP contribution in [0.2, 0.25) is 0 Å². The number of carbonyl (C=O) groups is 3. The van der Waals surface area contributed by atoms with Crippen LogP contribution in [-0.4, -0.2) is 56.2 Å². The maximum Gasteiger partial charge on any atom is 0.410 e. The van der Waals surface area contributed by atoms with Gasteiger partial charge in [0.25, 0.3) is 0 Å². The lowest BCUT2D eigenvalue weighted by molar-refractivity contribution is -0.131. The minimum absolute atomic E-state index is 0.148. The summed E-state index contributed by atoms with van der Waals surface area (Å²) in [4.78, 5) is 37.9. The average Bonchev–Trinajstić information content (AvgIpc) is 2.92. The fourth-order valence-corrected chi connectivity index (χ4v) is 3.40. The van der Waals surface area contributed by atoms with Gasteiger partial charge >= 0.3 is 6.09 Å². The molecular formula is C28H31N3O6. The minimum Gasteiger partial charge on any atom is -0.497 e. The summed E-state index contributed by atoms with van der Waals surface area (Å²) in [6.07, 6.45) is -0.00485. The Bertz CT molecular complexity index is 1140. The molecule has 3 amide bonds. The Morgan fingerprint density at radius 1 is 0.838 bits per heavy atom. The number of benzene rings is 3. The van der Waals surface area contributed by atoms with Crippen LogP contribution in [0.15, 0.2) is 84.9 Å². The molecule has 0 radical (unpaired) electrons. The smallest absolute Gasteiger partial charge is 0.410 e. The Kier molecular flexibility index (Phi) is 10.3. The molecule has 0 bridgehead atoms. The molecule has 1 atom stereocenters. The Labute approximate surface area is 216 Å². The summed E-state index contributed by atoms with van der Waals surface area (Å²) < 4.78 is 15.2. The van der Waals surface area contributed by atoms with Crippen molar-refractivity contribution in [1.29, 1.82) is 0 Å². The van der Waals surface area contributed by atoms with Crippen LogP contribution in [0.25, 0.3) is 0 Å². The molecule has 2 N–H and O–H groups in total. The van der Waals surface area contributed by atoms with Crippen LogP contribution < -0.4 is 20.1 Å². The van der Waals surface area contributed by atoms with Crippen molar-refractivity contribution in [2.45, 2.75) is 19.1 Å². The number of likely N-dealkylation sites (tertiary alicyclic amines) is 1. The summed E-state index contributed by atoms with van der Waals surface area (Å²) in [6, 6.07) is 25.2. The maximum atomic E-state index is 12.3. The molecule has 37 heavy (non-hydrogen) atoms. The summed E-state index contributed by atoms with van der Waals surface area (Å²) in [7, 11) is 3.22. The number of anilines is 1. The second-order valence-electron chi connectivity index (χ2n) is 8.05. The van der Waals surface area contributed by atoms with Crippen LogP contribution in [0.1, 0.15) is 12.0 Å². The quantitative estimate of drug-likeness (QED) is 0.482. The van der Waals surface area contributed by atoms with E-state index in [9.17, 15) is 14.4 Å². The molecule has 1 unspecified atom stereocenters. The highest BCUT2D eigenvalue weighted by Crippen LogP contribution is 2.19.